The number of hydrogen-bond acceptors (Lipinski definition) is 5. The Morgan fingerprint density at radius 2 is 1.78 bits per heavy atom. The highest BCUT2D eigenvalue weighted by Gasteiger charge is 2.16. The van der Waals surface area contributed by atoms with Gasteiger partial charge < -0.3 is 9.47 Å². The van der Waals surface area contributed by atoms with Crippen LogP contribution in [0.2, 0.25) is 5.02 Å². The van der Waals surface area contributed by atoms with Crippen molar-refractivity contribution in [3.8, 4) is 22.6 Å². The van der Waals surface area contributed by atoms with Gasteiger partial charge in [0.25, 0.3) is 0 Å². The van der Waals surface area contributed by atoms with Crippen molar-refractivity contribution < 1.29 is 14.3 Å². The van der Waals surface area contributed by atoms with Crippen LogP contribution in [0.1, 0.15) is 36.4 Å². The lowest BCUT2D eigenvalue weighted by Gasteiger charge is -2.18. The Kier molecular flexibility index (Phi) is 8.14. The predicted octanol–water partition coefficient (Wildman–Crippen LogP) is 6.51. The van der Waals surface area contributed by atoms with Crippen LogP contribution >= 0.6 is 11.6 Å². The molecule has 0 unspecified atom stereocenters. The first-order valence-corrected chi connectivity index (χ1v) is 11.0. The third-order valence-corrected chi connectivity index (χ3v) is 5.25. The van der Waals surface area contributed by atoms with Crippen molar-refractivity contribution in [1.29, 1.82) is 0 Å². The number of nitrogens with zero attached hydrogens (tertiary/aromatic N) is 1. The summed E-state index contributed by atoms with van der Waals surface area (Å²) in [6.07, 6.45) is 0. The van der Waals surface area contributed by atoms with E-state index in [0.29, 0.717) is 30.5 Å². The van der Waals surface area contributed by atoms with Crippen LogP contribution < -0.4 is 15.0 Å². The van der Waals surface area contributed by atoms with Gasteiger partial charge in [0.2, 0.25) is 0 Å². The van der Waals surface area contributed by atoms with Gasteiger partial charge >= 0.3 is 0 Å². The Bertz CT molecular complexity index is 1100. The second-order valence-electron chi connectivity index (χ2n) is 7.27. The number of aryl methyl sites for hydroxylation is 1. The first-order valence-electron chi connectivity index (χ1n) is 10.6. The SMILES string of the molecule is C=C(NOCc1cccc(C)n1)c1ccc(Cl)c(-c2ccc(OCC)c(OCC)c2C)c1. The van der Waals surface area contributed by atoms with Crippen LogP contribution in [0.25, 0.3) is 16.8 Å². The highest BCUT2D eigenvalue weighted by molar-refractivity contribution is 6.33. The number of hydrogen-bond donors (Lipinski definition) is 1. The summed E-state index contributed by atoms with van der Waals surface area (Å²) >= 11 is 6.58. The van der Waals surface area contributed by atoms with Gasteiger partial charge in [-0.3, -0.25) is 15.3 Å². The first-order chi connectivity index (χ1) is 15.4. The van der Waals surface area contributed by atoms with Gasteiger partial charge in [0.1, 0.15) is 6.61 Å². The summed E-state index contributed by atoms with van der Waals surface area (Å²) in [4.78, 5) is 10.0. The summed E-state index contributed by atoms with van der Waals surface area (Å²) in [6.45, 7) is 13.4. The molecule has 0 bridgehead atoms. The Balaban J connectivity index is 1.82. The van der Waals surface area contributed by atoms with E-state index in [4.69, 9.17) is 25.9 Å². The van der Waals surface area contributed by atoms with Crippen LogP contribution in [0, 0.1) is 13.8 Å². The predicted molar refractivity (Wildman–Crippen MR) is 130 cm³/mol. The van der Waals surface area contributed by atoms with E-state index >= 15 is 0 Å². The molecule has 32 heavy (non-hydrogen) atoms. The van der Waals surface area contributed by atoms with E-state index < -0.39 is 0 Å². The van der Waals surface area contributed by atoms with Crippen molar-refractivity contribution in [2.75, 3.05) is 13.2 Å². The van der Waals surface area contributed by atoms with Crippen LogP contribution in [0.5, 0.6) is 11.5 Å². The molecule has 168 valence electrons. The average molecular weight is 453 g/mol. The highest BCUT2D eigenvalue weighted by Crippen LogP contribution is 2.40. The van der Waals surface area contributed by atoms with Gasteiger partial charge in [0.15, 0.2) is 11.5 Å². The molecule has 0 atom stereocenters. The topological polar surface area (TPSA) is 52.6 Å². The second-order valence-corrected chi connectivity index (χ2v) is 7.67. The zero-order chi connectivity index (χ0) is 23.1. The Morgan fingerprint density at radius 3 is 2.50 bits per heavy atom. The van der Waals surface area contributed by atoms with Crippen LogP contribution in [-0.2, 0) is 11.4 Å². The van der Waals surface area contributed by atoms with E-state index in [2.05, 4.69) is 17.0 Å². The number of benzene rings is 2. The molecule has 1 heterocycles. The quantitative estimate of drug-likeness (QED) is 0.355. The molecule has 0 saturated carbocycles. The monoisotopic (exact) mass is 452 g/mol. The van der Waals surface area contributed by atoms with E-state index in [9.17, 15) is 0 Å². The van der Waals surface area contributed by atoms with Crippen molar-refractivity contribution in [3.05, 3.63) is 82.6 Å². The van der Waals surface area contributed by atoms with Crippen LogP contribution in [-0.4, -0.2) is 18.2 Å². The number of ether oxygens (including phenoxy) is 2. The summed E-state index contributed by atoms with van der Waals surface area (Å²) in [6, 6.07) is 15.5. The van der Waals surface area contributed by atoms with Crippen molar-refractivity contribution in [2.45, 2.75) is 34.3 Å². The molecule has 0 amide bonds. The second kappa shape index (κ2) is 11.0. The molecular weight excluding hydrogens is 424 g/mol. The maximum Gasteiger partial charge on any atom is 0.164 e. The number of pyridine rings is 1. The molecule has 0 saturated heterocycles. The Hall–Kier alpha value is -3.02. The standard InChI is InChI=1S/C26H29ClN2O3/c1-6-30-25-14-12-22(18(4)26(25)31-7-2)23-15-20(11-13-24(23)27)19(5)29-32-16-21-10-8-9-17(3)28-21/h8-15,29H,5-7,16H2,1-4H3. The smallest absolute Gasteiger partial charge is 0.164 e. The zero-order valence-electron chi connectivity index (χ0n) is 19.0. The largest absolute Gasteiger partial charge is 0.490 e. The fraction of sp³-hybridized carbons (Fsp3) is 0.269. The molecule has 0 aliphatic rings. The number of halogens is 1. The number of nitrogens with one attached hydrogen (secondary N) is 1. The number of rotatable bonds is 10. The van der Waals surface area contributed by atoms with Gasteiger partial charge in [-0.05, 0) is 69.2 Å². The van der Waals surface area contributed by atoms with Gasteiger partial charge in [-0.15, -0.1) is 0 Å². The van der Waals surface area contributed by atoms with Gasteiger partial charge in [-0.25, -0.2) is 0 Å². The normalized spacial score (nSPS) is 10.7. The van der Waals surface area contributed by atoms with Crippen LogP contribution in [0.3, 0.4) is 0 Å². The fourth-order valence-corrected chi connectivity index (χ4v) is 3.63. The maximum atomic E-state index is 6.58. The minimum Gasteiger partial charge on any atom is -0.490 e. The van der Waals surface area contributed by atoms with Gasteiger partial charge in [0, 0.05) is 21.8 Å². The highest BCUT2D eigenvalue weighted by atomic mass is 35.5. The molecule has 1 aromatic heterocycles. The molecule has 0 aliphatic carbocycles. The lowest BCUT2D eigenvalue weighted by atomic mass is 9.97. The molecule has 3 aromatic rings. The number of aromatic nitrogens is 1. The number of hydroxylamine groups is 1. The van der Waals surface area contributed by atoms with Gasteiger partial charge in [-0.2, -0.15) is 0 Å². The van der Waals surface area contributed by atoms with Crippen molar-refractivity contribution >= 4 is 17.3 Å². The molecule has 3 rings (SSSR count). The average Bonchev–Trinajstić information content (AvgIpc) is 2.77. The van der Waals surface area contributed by atoms with Crippen molar-refractivity contribution in [2.24, 2.45) is 0 Å². The van der Waals surface area contributed by atoms with Crippen molar-refractivity contribution in [3.63, 3.8) is 0 Å². The summed E-state index contributed by atoms with van der Waals surface area (Å²) in [5, 5.41) is 0.640. The molecular formula is C26H29ClN2O3. The molecule has 5 nitrogen and oxygen atoms in total. The van der Waals surface area contributed by atoms with E-state index in [1.807, 2.05) is 76.2 Å². The third-order valence-electron chi connectivity index (χ3n) is 4.92. The molecule has 0 aliphatic heterocycles. The summed E-state index contributed by atoms with van der Waals surface area (Å²) < 4.78 is 11.6. The van der Waals surface area contributed by atoms with E-state index in [0.717, 1.165) is 45.1 Å². The molecule has 1 N–H and O–H groups in total. The molecule has 0 spiro atoms. The lowest BCUT2D eigenvalue weighted by Crippen LogP contribution is -2.13. The van der Waals surface area contributed by atoms with E-state index in [-0.39, 0.29) is 0 Å². The fourth-order valence-electron chi connectivity index (χ4n) is 3.41. The van der Waals surface area contributed by atoms with Crippen LogP contribution in [0.4, 0.5) is 0 Å². The third kappa shape index (κ3) is 5.61. The minimum atomic E-state index is 0.330. The zero-order valence-corrected chi connectivity index (χ0v) is 19.8. The summed E-state index contributed by atoms with van der Waals surface area (Å²) in [7, 11) is 0. The maximum absolute atomic E-state index is 6.58. The van der Waals surface area contributed by atoms with Gasteiger partial charge in [-0.1, -0.05) is 36.4 Å². The van der Waals surface area contributed by atoms with E-state index in [1.165, 1.54) is 0 Å². The molecule has 0 radical (unpaired) electrons. The summed E-state index contributed by atoms with van der Waals surface area (Å²) in [5.74, 6) is 1.46. The Labute approximate surface area is 195 Å². The van der Waals surface area contributed by atoms with Crippen LogP contribution in [0.15, 0.2) is 55.1 Å². The van der Waals surface area contributed by atoms with Crippen molar-refractivity contribution in [1.82, 2.24) is 10.5 Å². The Morgan fingerprint density at radius 1 is 1.00 bits per heavy atom. The molecule has 2 aromatic carbocycles. The lowest BCUT2D eigenvalue weighted by molar-refractivity contribution is 0.0625. The molecule has 6 heteroatoms. The molecule has 0 fully saturated rings. The minimum absolute atomic E-state index is 0.330. The van der Waals surface area contributed by atoms with Gasteiger partial charge in [0.05, 0.1) is 24.6 Å². The summed E-state index contributed by atoms with van der Waals surface area (Å²) in [5.41, 5.74) is 9.03. The first kappa shape index (κ1) is 23.6. The van der Waals surface area contributed by atoms with E-state index in [1.54, 1.807) is 0 Å².